The number of anilines is 3. The molecule has 0 saturated carbocycles. The number of ether oxygens (including phenoxy) is 2. The largest absolute Gasteiger partial charge is 0.443 e. The molecule has 0 radical (unpaired) electrons. The molecule has 4 N–H and O–H groups in total. The summed E-state index contributed by atoms with van der Waals surface area (Å²) in [6.45, 7) is -0.0163. The molecule has 5 rings (SSSR count). The molecular formula is C21H17FN8O4. The number of amides is 1. The number of aromatic nitrogens is 5. The van der Waals surface area contributed by atoms with Crippen LogP contribution in [0.3, 0.4) is 0 Å². The van der Waals surface area contributed by atoms with Gasteiger partial charge in [-0.05, 0) is 23.8 Å². The third kappa shape index (κ3) is 3.48. The van der Waals surface area contributed by atoms with Crippen molar-refractivity contribution in [3.8, 4) is 11.5 Å². The number of imidazole rings is 1. The molecule has 1 saturated heterocycles. The second-order valence-corrected chi connectivity index (χ2v) is 7.27. The van der Waals surface area contributed by atoms with E-state index in [0.717, 1.165) is 4.90 Å². The number of cyclic esters (lactones) is 1. The molecular weight excluding hydrogens is 447 g/mol. The van der Waals surface area contributed by atoms with Gasteiger partial charge in [0.05, 0.1) is 5.52 Å². The van der Waals surface area contributed by atoms with Crippen molar-refractivity contribution in [1.29, 1.82) is 0 Å². The number of fused-ring (bicyclic) bond motifs is 1. The van der Waals surface area contributed by atoms with Crippen molar-refractivity contribution in [1.82, 2.24) is 24.6 Å². The van der Waals surface area contributed by atoms with Gasteiger partial charge < -0.3 is 20.9 Å². The maximum absolute atomic E-state index is 14.2. The Morgan fingerprint density at radius 3 is 2.65 bits per heavy atom. The summed E-state index contributed by atoms with van der Waals surface area (Å²) in [6.07, 6.45) is -0.139. The van der Waals surface area contributed by atoms with Crippen LogP contribution in [0.15, 0.2) is 42.6 Å². The summed E-state index contributed by atoms with van der Waals surface area (Å²) in [7, 11) is 0. The Morgan fingerprint density at radius 1 is 1.15 bits per heavy atom. The van der Waals surface area contributed by atoms with Crippen LogP contribution in [0, 0.1) is 5.82 Å². The second kappa shape index (κ2) is 8.27. The summed E-state index contributed by atoms with van der Waals surface area (Å²) in [5, 5.41) is 4.31. The number of rotatable bonds is 6. The molecule has 172 valence electrons. The van der Waals surface area contributed by atoms with Crippen molar-refractivity contribution >= 4 is 35.4 Å². The number of nitrogens with zero attached hydrogens (tertiary/aromatic N) is 6. The fourth-order valence-electron chi connectivity index (χ4n) is 3.73. The van der Waals surface area contributed by atoms with E-state index < -0.39 is 12.3 Å². The Hall–Kier alpha value is -4.81. The topological polar surface area (TPSA) is 164 Å². The first-order chi connectivity index (χ1) is 16.5. The summed E-state index contributed by atoms with van der Waals surface area (Å²) in [6, 6.07) is 9.82. The highest BCUT2D eigenvalue weighted by molar-refractivity contribution is 5.97. The van der Waals surface area contributed by atoms with Crippen LogP contribution < -0.4 is 16.4 Å². The van der Waals surface area contributed by atoms with E-state index in [4.69, 9.17) is 20.9 Å². The van der Waals surface area contributed by atoms with Gasteiger partial charge in [-0.2, -0.15) is 5.10 Å². The maximum Gasteiger partial charge on any atom is 0.417 e. The predicted octanol–water partition coefficient (Wildman–Crippen LogP) is 1.54. The third-order valence-electron chi connectivity index (χ3n) is 5.22. The van der Waals surface area contributed by atoms with Crippen LogP contribution in [0.25, 0.3) is 17.0 Å². The average Bonchev–Trinajstić information content (AvgIpc) is 3.36. The Labute approximate surface area is 190 Å². The minimum atomic E-state index is -1.06. The Balaban J connectivity index is 1.59. The number of carbonyl (C=O) groups is 2. The van der Waals surface area contributed by atoms with E-state index in [9.17, 15) is 14.0 Å². The quantitative estimate of drug-likeness (QED) is 0.400. The van der Waals surface area contributed by atoms with E-state index in [1.807, 2.05) is 0 Å². The third-order valence-corrected chi connectivity index (χ3v) is 5.22. The highest BCUT2D eigenvalue weighted by atomic mass is 19.1. The van der Waals surface area contributed by atoms with Crippen LogP contribution in [-0.2, 0) is 20.7 Å². The average molecular weight is 464 g/mol. The molecule has 1 aliphatic heterocycles. The van der Waals surface area contributed by atoms with Crippen molar-refractivity contribution in [3.63, 3.8) is 0 Å². The minimum absolute atomic E-state index is 0.0497. The number of hydrogen-bond donors (Lipinski definition) is 2. The fourth-order valence-corrected chi connectivity index (χ4v) is 3.73. The van der Waals surface area contributed by atoms with Crippen molar-refractivity contribution in [3.05, 3.63) is 59.8 Å². The molecule has 13 heteroatoms. The van der Waals surface area contributed by atoms with Gasteiger partial charge in [-0.1, -0.05) is 18.2 Å². The molecule has 0 spiro atoms. The maximum atomic E-state index is 14.2. The van der Waals surface area contributed by atoms with Crippen LogP contribution in [0.4, 0.5) is 26.5 Å². The van der Waals surface area contributed by atoms with Gasteiger partial charge in [0.15, 0.2) is 17.5 Å². The number of nitrogen functional groups attached to an aromatic ring is 2. The van der Waals surface area contributed by atoms with E-state index >= 15 is 0 Å². The Kier molecular flexibility index (Phi) is 5.12. The molecule has 1 aromatic carbocycles. The van der Waals surface area contributed by atoms with Crippen LogP contribution in [0.5, 0.6) is 0 Å². The van der Waals surface area contributed by atoms with E-state index in [1.165, 1.54) is 6.07 Å². The standard InChI is InChI=1S/C21H17FN8O4/c22-12-5-2-1-4-11(12)8-14-26-16(13-6-3-7-25-30(13)14)20-27-18(23)17(19(24)28-20)29-15(34-10-31)9-33-21(29)32/h1-7,10,15H,8-9H2,(H4,23,24,27,28). The lowest BCUT2D eigenvalue weighted by molar-refractivity contribution is -0.133. The van der Waals surface area contributed by atoms with E-state index in [2.05, 4.69) is 20.1 Å². The van der Waals surface area contributed by atoms with Gasteiger partial charge in [-0.25, -0.2) is 33.6 Å². The molecule has 12 nitrogen and oxygen atoms in total. The lowest BCUT2D eigenvalue weighted by Gasteiger charge is -2.21. The minimum Gasteiger partial charge on any atom is -0.443 e. The van der Waals surface area contributed by atoms with E-state index in [1.54, 1.807) is 41.0 Å². The van der Waals surface area contributed by atoms with Gasteiger partial charge in [0.1, 0.15) is 29.6 Å². The first kappa shape index (κ1) is 21.1. The van der Waals surface area contributed by atoms with Crippen LogP contribution in [0.1, 0.15) is 11.4 Å². The number of carbonyl (C=O) groups excluding carboxylic acids is 2. The van der Waals surface area contributed by atoms with Gasteiger partial charge in [0.25, 0.3) is 6.47 Å². The van der Waals surface area contributed by atoms with Gasteiger partial charge >= 0.3 is 6.09 Å². The zero-order chi connectivity index (χ0) is 23.8. The molecule has 1 amide bonds. The summed E-state index contributed by atoms with van der Waals surface area (Å²) in [5.41, 5.74) is 13.5. The summed E-state index contributed by atoms with van der Waals surface area (Å²) in [5.74, 6) is -0.147. The van der Waals surface area contributed by atoms with Crippen LogP contribution >= 0.6 is 0 Å². The molecule has 0 aliphatic carbocycles. The first-order valence-corrected chi connectivity index (χ1v) is 10.0. The van der Waals surface area contributed by atoms with Gasteiger partial charge in [-0.15, -0.1) is 0 Å². The number of halogens is 1. The molecule has 0 bridgehead atoms. The molecule has 3 aromatic heterocycles. The van der Waals surface area contributed by atoms with Crippen molar-refractivity contribution in [2.75, 3.05) is 23.0 Å². The molecule has 34 heavy (non-hydrogen) atoms. The molecule has 4 aromatic rings. The molecule has 1 fully saturated rings. The normalized spacial score (nSPS) is 15.5. The highest BCUT2D eigenvalue weighted by Crippen LogP contribution is 2.35. The van der Waals surface area contributed by atoms with Crippen molar-refractivity contribution in [2.45, 2.75) is 12.6 Å². The first-order valence-electron chi connectivity index (χ1n) is 10.0. The van der Waals surface area contributed by atoms with Gasteiger partial charge in [-0.3, -0.25) is 4.79 Å². The monoisotopic (exact) mass is 464 g/mol. The number of hydrogen-bond acceptors (Lipinski definition) is 10. The van der Waals surface area contributed by atoms with E-state index in [-0.39, 0.29) is 48.5 Å². The molecule has 1 aliphatic rings. The summed E-state index contributed by atoms with van der Waals surface area (Å²) in [4.78, 5) is 37.1. The summed E-state index contributed by atoms with van der Waals surface area (Å²) < 4.78 is 25.6. The molecule has 1 atom stereocenters. The van der Waals surface area contributed by atoms with Crippen molar-refractivity contribution < 1.29 is 23.5 Å². The summed E-state index contributed by atoms with van der Waals surface area (Å²) >= 11 is 0. The SMILES string of the molecule is Nc1nc(-c2nc(Cc3ccccc3F)n3ncccc23)nc(N)c1N1C(=O)OCC1OC=O. The Morgan fingerprint density at radius 2 is 1.91 bits per heavy atom. The van der Waals surface area contributed by atoms with Crippen LogP contribution in [0.2, 0.25) is 0 Å². The van der Waals surface area contributed by atoms with Crippen LogP contribution in [-0.4, -0.2) is 50.0 Å². The van der Waals surface area contributed by atoms with Gasteiger partial charge in [0, 0.05) is 12.6 Å². The lowest BCUT2D eigenvalue weighted by Crippen LogP contribution is -2.36. The zero-order valence-corrected chi connectivity index (χ0v) is 17.5. The second-order valence-electron chi connectivity index (χ2n) is 7.27. The van der Waals surface area contributed by atoms with E-state index in [0.29, 0.717) is 22.6 Å². The van der Waals surface area contributed by atoms with Gasteiger partial charge in [0.2, 0.25) is 6.23 Å². The molecule has 4 heterocycles. The fraction of sp³-hybridized carbons (Fsp3) is 0.143. The molecule has 1 unspecified atom stereocenters. The smallest absolute Gasteiger partial charge is 0.417 e. The van der Waals surface area contributed by atoms with Crippen molar-refractivity contribution in [2.24, 2.45) is 0 Å². The lowest BCUT2D eigenvalue weighted by atomic mass is 10.1. The zero-order valence-electron chi connectivity index (χ0n) is 17.5. The number of benzene rings is 1. The number of nitrogens with two attached hydrogens (primary N) is 2. The highest BCUT2D eigenvalue weighted by Gasteiger charge is 2.39. The predicted molar refractivity (Wildman–Crippen MR) is 117 cm³/mol. The Bertz CT molecular complexity index is 1400.